The first-order valence-electron chi connectivity index (χ1n) is 8.75. The molecule has 0 heterocycles. The van der Waals surface area contributed by atoms with Crippen molar-refractivity contribution in [2.24, 2.45) is 10.4 Å². The van der Waals surface area contributed by atoms with E-state index in [2.05, 4.69) is 33.0 Å². The molecule has 0 aliphatic rings. The van der Waals surface area contributed by atoms with Crippen LogP contribution in [0.1, 0.15) is 72.3 Å². The van der Waals surface area contributed by atoms with Crippen molar-refractivity contribution >= 4 is 12.1 Å². The van der Waals surface area contributed by atoms with Crippen molar-refractivity contribution in [1.29, 1.82) is 0 Å². The van der Waals surface area contributed by atoms with Crippen LogP contribution in [0.25, 0.3) is 0 Å². The summed E-state index contributed by atoms with van der Waals surface area (Å²) in [4.78, 5) is 16.0. The van der Waals surface area contributed by atoms with Crippen LogP contribution in [0.2, 0.25) is 0 Å². The van der Waals surface area contributed by atoms with Crippen molar-refractivity contribution in [3.63, 3.8) is 0 Å². The van der Waals surface area contributed by atoms with Gasteiger partial charge in [-0.1, -0.05) is 46.2 Å². The van der Waals surface area contributed by atoms with Crippen LogP contribution >= 0.6 is 0 Å². The number of aliphatic imine (C=N–C) groups is 1. The molecular weight excluding hydrogens is 303 g/mol. The number of halogens is 1. The topological polar surface area (TPSA) is 41.5 Å². The van der Waals surface area contributed by atoms with Gasteiger partial charge < -0.3 is 5.32 Å². The van der Waals surface area contributed by atoms with Gasteiger partial charge in [-0.3, -0.25) is 9.79 Å². The lowest BCUT2D eigenvalue weighted by Crippen LogP contribution is -2.43. The maximum absolute atomic E-state index is 13.1. The summed E-state index contributed by atoms with van der Waals surface area (Å²) < 4.78 is 13.1. The molecule has 0 radical (unpaired) electrons. The van der Waals surface area contributed by atoms with E-state index in [9.17, 15) is 9.18 Å². The number of nitrogens with one attached hydrogen (secondary N) is 1. The lowest BCUT2D eigenvalue weighted by atomic mass is 9.87. The Kier molecular flexibility index (Phi) is 7.59. The van der Waals surface area contributed by atoms with Crippen LogP contribution < -0.4 is 5.32 Å². The number of carbonyl (C=O) groups is 1. The van der Waals surface area contributed by atoms with Crippen molar-refractivity contribution < 1.29 is 9.18 Å². The Labute approximate surface area is 145 Å². The number of benzene rings is 1. The van der Waals surface area contributed by atoms with Gasteiger partial charge in [-0.2, -0.15) is 0 Å². The number of hydrogen-bond donors (Lipinski definition) is 1. The lowest BCUT2D eigenvalue weighted by Gasteiger charge is -2.31. The van der Waals surface area contributed by atoms with Crippen molar-refractivity contribution in [3.05, 3.63) is 35.6 Å². The largest absolute Gasteiger partial charge is 0.334 e. The number of nitrogens with zero attached hydrogens (tertiary/aromatic N) is 1. The van der Waals surface area contributed by atoms with Gasteiger partial charge in [0.15, 0.2) is 0 Å². The quantitative estimate of drug-likeness (QED) is 0.496. The third kappa shape index (κ3) is 6.81. The minimum absolute atomic E-state index is 0.259. The Bertz CT molecular complexity index is 546. The van der Waals surface area contributed by atoms with Crippen LogP contribution in [0, 0.1) is 11.2 Å². The van der Waals surface area contributed by atoms with Crippen LogP contribution in [0.3, 0.4) is 0 Å². The van der Waals surface area contributed by atoms with Gasteiger partial charge in [-0.05, 0) is 55.7 Å². The SMILES string of the molecule is CCCC(CCCC(C)(C)C)(/N=C(\C)c1ccc(F)cc1)NC=O. The highest BCUT2D eigenvalue weighted by atomic mass is 19.1. The molecule has 134 valence electrons. The molecule has 1 atom stereocenters. The first kappa shape index (κ1) is 20.3. The number of carbonyl (C=O) groups excluding carboxylic acids is 1. The zero-order valence-corrected chi connectivity index (χ0v) is 15.7. The van der Waals surface area contributed by atoms with E-state index >= 15 is 0 Å². The standard InChI is InChI=1S/C20H31FN2O/c1-6-12-20(22-15-24,14-7-13-19(3,4)5)23-16(2)17-8-10-18(21)11-9-17/h8-11,15H,6-7,12-14H2,1-5H3,(H,22,24)/b23-16+. The summed E-state index contributed by atoms with van der Waals surface area (Å²) in [5.74, 6) is -0.262. The molecule has 1 aromatic rings. The van der Waals surface area contributed by atoms with E-state index in [0.717, 1.165) is 49.8 Å². The molecule has 0 saturated heterocycles. The Balaban J connectivity index is 3.03. The fraction of sp³-hybridized carbons (Fsp3) is 0.600. The van der Waals surface area contributed by atoms with Gasteiger partial charge in [-0.15, -0.1) is 0 Å². The molecule has 3 nitrogen and oxygen atoms in total. The summed E-state index contributed by atoms with van der Waals surface area (Å²) in [6.07, 6.45) is 5.32. The maximum Gasteiger partial charge on any atom is 0.208 e. The molecule has 0 fully saturated rings. The molecule has 1 N–H and O–H groups in total. The normalized spacial score (nSPS) is 15.0. The van der Waals surface area contributed by atoms with Crippen molar-refractivity contribution in [3.8, 4) is 0 Å². The summed E-state index contributed by atoms with van der Waals surface area (Å²) >= 11 is 0. The summed E-state index contributed by atoms with van der Waals surface area (Å²) in [5.41, 5.74) is 1.36. The molecule has 0 saturated carbocycles. The van der Waals surface area contributed by atoms with E-state index in [-0.39, 0.29) is 11.2 Å². The maximum atomic E-state index is 13.1. The van der Waals surface area contributed by atoms with Gasteiger partial charge in [0.1, 0.15) is 11.5 Å². The molecule has 0 spiro atoms. The lowest BCUT2D eigenvalue weighted by molar-refractivity contribution is -0.111. The van der Waals surface area contributed by atoms with Crippen LogP contribution in [0.5, 0.6) is 0 Å². The fourth-order valence-corrected chi connectivity index (χ4v) is 2.92. The molecule has 1 aromatic carbocycles. The highest BCUT2D eigenvalue weighted by Gasteiger charge is 2.28. The summed E-state index contributed by atoms with van der Waals surface area (Å²) in [7, 11) is 0. The summed E-state index contributed by atoms with van der Waals surface area (Å²) in [6.45, 7) is 10.7. The van der Waals surface area contributed by atoms with Crippen LogP contribution in [0.4, 0.5) is 4.39 Å². The van der Waals surface area contributed by atoms with Gasteiger partial charge in [-0.25, -0.2) is 4.39 Å². The molecule has 4 heteroatoms. The third-order valence-corrected chi connectivity index (χ3v) is 4.15. The predicted molar refractivity (Wildman–Crippen MR) is 98.8 cm³/mol. The highest BCUT2D eigenvalue weighted by molar-refractivity contribution is 5.99. The van der Waals surface area contributed by atoms with Crippen LogP contribution in [-0.4, -0.2) is 17.8 Å². The fourth-order valence-electron chi connectivity index (χ4n) is 2.92. The molecule has 0 aromatic heterocycles. The van der Waals surface area contributed by atoms with E-state index < -0.39 is 5.66 Å². The molecule has 1 amide bonds. The molecule has 24 heavy (non-hydrogen) atoms. The van der Waals surface area contributed by atoms with Gasteiger partial charge >= 0.3 is 0 Å². The Hall–Kier alpha value is -1.71. The molecular formula is C20H31FN2O. The van der Waals surface area contributed by atoms with Crippen LogP contribution in [0.15, 0.2) is 29.3 Å². The van der Waals surface area contributed by atoms with Crippen molar-refractivity contribution in [2.75, 3.05) is 0 Å². The highest BCUT2D eigenvalue weighted by Crippen LogP contribution is 2.28. The van der Waals surface area contributed by atoms with E-state index in [1.807, 2.05) is 6.92 Å². The zero-order chi connectivity index (χ0) is 18.2. The van der Waals surface area contributed by atoms with Gasteiger partial charge in [0.2, 0.25) is 6.41 Å². The van der Waals surface area contributed by atoms with E-state index in [4.69, 9.17) is 4.99 Å². The molecule has 1 rings (SSSR count). The summed E-state index contributed by atoms with van der Waals surface area (Å²) in [6, 6.07) is 6.31. The second-order valence-electron chi connectivity index (χ2n) is 7.66. The average molecular weight is 334 g/mol. The van der Waals surface area contributed by atoms with Crippen molar-refractivity contribution in [2.45, 2.75) is 72.4 Å². The molecule has 1 unspecified atom stereocenters. The third-order valence-electron chi connectivity index (χ3n) is 4.15. The smallest absolute Gasteiger partial charge is 0.208 e. The van der Waals surface area contributed by atoms with Gasteiger partial charge in [0, 0.05) is 5.71 Å². The van der Waals surface area contributed by atoms with Crippen molar-refractivity contribution in [1.82, 2.24) is 5.32 Å². The Morgan fingerprint density at radius 2 is 1.79 bits per heavy atom. The summed E-state index contributed by atoms with van der Waals surface area (Å²) in [5, 5.41) is 2.95. The second-order valence-corrected chi connectivity index (χ2v) is 7.66. The van der Waals surface area contributed by atoms with Gasteiger partial charge in [0.05, 0.1) is 0 Å². The predicted octanol–water partition coefficient (Wildman–Crippen LogP) is 5.09. The molecule has 0 bridgehead atoms. The van der Waals surface area contributed by atoms with Crippen LogP contribution in [-0.2, 0) is 4.79 Å². The second kappa shape index (κ2) is 8.95. The minimum Gasteiger partial charge on any atom is -0.334 e. The molecule has 0 aliphatic carbocycles. The van der Waals surface area contributed by atoms with E-state index in [1.54, 1.807) is 12.1 Å². The monoisotopic (exact) mass is 334 g/mol. The first-order chi connectivity index (χ1) is 11.2. The minimum atomic E-state index is -0.583. The molecule has 0 aliphatic heterocycles. The van der Waals surface area contributed by atoms with E-state index in [1.165, 1.54) is 12.1 Å². The number of hydrogen-bond acceptors (Lipinski definition) is 2. The Morgan fingerprint density at radius 1 is 1.17 bits per heavy atom. The first-order valence-corrected chi connectivity index (χ1v) is 8.75. The van der Waals surface area contributed by atoms with Gasteiger partial charge in [0.25, 0.3) is 0 Å². The number of rotatable bonds is 9. The Morgan fingerprint density at radius 3 is 2.29 bits per heavy atom. The number of amides is 1. The average Bonchev–Trinajstić information content (AvgIpc) is 2.47. The zero-order valence-electron chi connectivity index (χ0n) is 15.7. The van der Waals surface area contributed by atoms with E-state index in [0.29, 0.717) is 0 Å².